The Bertz CT molecular complexity index is 802. The Morgan fingerprint density at radius 1 is 1.15 bits per heavy atom. The van der Waals surface area contributed by atoms with Crippen LogP contribution in [0.4, 0.5) is 5.69 Å². The third kappa shape index (κ3) is 4.22. The minimum absolute atomic E-state index is 0.0800. The zero-order valence-electron chi connectivity index (χ0n) is 15.4. The Balaban J connectivity index is 1.70. The van der Waals surface area contributed by atoms with Crippen LogP contribution >= 0.6 is 11.6 Å². The first-order chi connectivity index (χ1) is 13.0. The van der Waals surface area contributed by atoms with E-state index in [9.17, 15) is 9.90 Å². The third-order valence-corrected chi connectivity index (χ3v) is 4.83. The van der Waals surface area contributed by atoms with Crippen molar-refractivity contribution in [3.63, 3.8) is 0 Å². The van der Waals surface area contributed by atoms with Gasteiger partial charge < -0.3 is 24.4 Å². The van der Waals surface area contributed by atoms with E-state index < -0.39 is 0 Å². The van der Waals surface area contributed by atoms with E-state index in [0.717, 1.165) is 18.8 Å². The van der Waals surface area contributed by atoms with Gasteiger partial charge in [-0.15, -0.1) is 0 Å². The molecule has 27 heavy (non-hydrogen) atoms. The first-order valence-corrected chi connectivity index (χ1v) is 9.25. The maximum Gasteiger partial charge on any atom is 0.254 e. The highest BCUT2D eigenvalue weighted by Crippen LogP contribution is 2.36. The lowest BCUT2D eigenvalue weighted by Crippen LogP contribution is -2.48. The first-order valence-electron chi connectivity index (χ1n) is 8.87. The van der Waals surface area contributed by atoms with Gasteiger partial charge in [0.1, 0.15) is 5.75 Å². The van der Waals surface area contributed by atoms with Crippen molar-refractivity contribution in [1.82, 2.24) is 4.90 Å². The number of benzene rings is 2. The van der Waals surface area contributed by atoms with E-state index in [-0.39, 0.29) is 11.7 Å². The summed E-state index contributed by atoms with van der Waals surface area (Å²) in [5.41, 5.74) is 1.52. The van der Waals surface area contributed by atoms with Crippen molar-refractivity contribution in [3.05, 3.63) is 47.0 Å². The van der Waals surface area contributed by atoms with Gasteiger partial charge in [-0.2, -0.15) is 0 Å². The summed E-state index contributed by atoms with van der Waals surface area (Å²) in [5.74, 6) is 1.07. The Hall–Kier alpha value is -2.60. The molecule has 0 unspecified atom stereocenters. The van der Waals surface area contributed by atoms with Crippen LogP contribution in [0.25, 0.3) is 0 Å². The number of phenols is 1. The first kappa shape index (κ1) is 19.2. The number of aromatic hydroxyl groups is 1. The highest BCUT2D eigenvalue weighted by Gasteiger charge is 2.24. The standard InChI is InChI=1S/C20H23ClN2O4/c1-3-27-19-17(21)12-14(13-18(19)26-2)20(25)23-10-8-22(9-11-23)15-4-6-16(24)7-5-15/h4-7,12-13,24H,3,8-11H2,1-2H3. The Labute approximate surface area is 163 Å². The predicted molar refractivity (Wildman–Crippen MR) is 105 cm³/mol. The Morgan fingerprint density at radius 3 is 2.41 bits per heavy atom. The maximum atomic E-state index is 12.9. The fraction of sp³-hybridized carbons (Fsp3) is 0.350. The quantitative estimate of drug-likeness (QED) is 0.847. The average Bonchev–Trinajstić information content (AvgIpc) is 2.69. The summed E-state index contributed by atoms with van der Waals surface area (Å²) in [6.45, 7) is 4.97. The molecule has 1 fully saturated rings. The number of carbonyl (C=O) groups is 1. The number of nitrogens with zero attached hydrogens (tertiary/aromatic N) is 2. The monoisotopic (exact) mass is 390 g/mol. The van der Waals surface area contributed by atoms with Crippen LogP contribution in [0.15, 0.2) is 36.4 Å². The second-order valence-electron chi connectivity index (χ2n) is 6.22. The van der Waals surface area contributed by atoms with Gasteiger partial charge in [-0.05, 0) is 43.3 Å². The van der Waals surface area contributed by atoms with E-state index in [4.69, 9.17) is 21.1 Å². The molecule has 0 spiro atoms. The number of hydrogen-bond acceptors (Lipinski definition) is 5. The molecule has 3 rings (SSSR count). The minimum Gasteiger partial charge on any atom is -0.508 e. The van der Waals surface area contributed by atoms with Gasteiger partial charge in [-0.3, -0.25) is 4.79 Å². The van der Waals surface area contributed by atoms with Crippen molar-refractivity contribution in [2.75, 3.05) is 44.8 Å². The summed E-state index contributed by atoms with van der Waals surface area (Å²) in [5, 5.41) is 9.78. The van der Waals surface area contributed by atoms with Gasteiger partial charge in [0, 0.05) is 37.4 Å². The number of halogens is 1. The Morgan fingerprint density at radius 2 is 1.81 bits per heavy atom. The van der Waals surface area contributed by atoms with E-state index in [0.29, 0.717) is 41.8 Å². The number of rotatable bonds is 5. The molecular weight excluding hydrogens is 368 g/mol. The number of carbonyl (C=O) groups excluding carboxylic acids is 1. The summed E-state index contributed by atoms with van der Waals surface area (Å²) in [6.07, 6.45) is 0. The van der Waals surface area contributed by atoms with Gasteiger partial charge in [-0.1, -0.05) is 11.6 Å². The van der Waals surface area contributed by atoms with Crippen molar-refractivity contribution < 1.29 is 19.4 Å². The number of methoxy groups -OCH3 is 1. The lowest BCUT2D eigenvalue weighted by molar-refractivity contribution is 0.0746. The second kappa shape index (κ2) is 8.39. The lowest BCUT2D eigenvalue weighted by Gasteiger charge is -2.36. The minimum atomic E-state index is -0.0800. The number of hydrogen-bond donors (Lipinski definition) is 1. The Kier molecular flexibility index (Phi) is 5.96. The van der Waals surface area contributed by atoms with Crippen molar-refractivity contribution >= 4 is 23.2 Å². The van der Waals surface area contributed by atoms with Gasteiger partial charge >= 0.3 is 0 Å². The van der Waals surface area contributed by atoms with Gasteiger partial charge in [0.05, 0.1) is 18.7 Å². The van der Waals surface area contributed by atoms with E-state index >= 15 is 0 Å². The average molecular weight is 391 g/mol. The van der Waals surface area contributed by atoms with Crippen LogP contribution < -0.4 is 14.4 Å². The zero-order valence-corrected chi connectivity index (χ0v) is 16.2. The summed E-state index contributed by atoms with van der Waals surface area (Å²) in [7, 11) is 1.53. The van der Waals surface area contributed by atoms with Gasteiger partial charge in [0.2, 0.25) is 0 Å². The molecule has 0 aromatic heterocycles. The molecule has 1 aliphatic rings. The maximum absolute atomic E-state index is 12.9. The smallest absolute Gasteiger partial charge is 0.254 e. The largest absolute Gasteiger partial charge is 0.508 e. The summed E-state index contributed by atoms with van der Waals surface area (Å²) >= 11 is 6.29. The SMILES string of the molecule is CCOc1c(Cl)cc(C(=O)N2CCN(c3ccc(O)cc3)CC2)cc1OC. The molecule has 1 saturated heterocycles. The lowest BCUT2D eigenvalue weighted by atomic mass is 10.1. The molecule has 7 heteroatoms. The number of phenolic OH excluding ortho intramolecular Hbond substituents is 1. The van der Waals surface area contributed by atoms with Gasteiger partial charge in [0.15, 0.2) is 11.5 Å². The van der Waals surface area contributed by atoms with Crippen LogP contribution in [0, 0.1) is 0 Å². The van der Waals surface area contributed by atoms with Crippen LogP contribution in [-0.2, 0) is 0 Å². The number of ether oxygens (including phenoxy) is 2. The van der Waals surface area contributed by atoms with Crippen LogP contribution in [0.2, 0.25) is 5.02 Å². The molecule has 1 aliphatic heterocycles. The zero-order chi connectivity index (χ0) is 19.4. The molecule has 2 aromatic carbocycles. The van der Waals surface area contributed by atoms with E-state index in [1.165, 1.54) is 7.11 Å². The fourth-order valence-corrected chi connectivity index (χ4v) is 3.41. The van der Waals surface area contributed by atoms with Crippen LogP contribution in [0.3, 0.4) is 0 Å². The fourth-order valence-electron chi connectivity index (χ4n) is 3.14. The van der Waals surface area contributed by atoms with E-state index in [2.05, 4.69) is 4.90 Å². The molecule has 6 nitrogen and oxygen atoms in total. The van der Waals surface area contributed by atoms with E-state index in [1.54, 1.807) is 24.3 Å². The molecule has 1 N–H and O–H groups in total. The van der Waals surface area contributed by atoms with Crippen molar-refractivity contribution in [2.45, 2.75) is 6.92 Å². The molecular formula is C20H23ClN2O4. The second-order valence-corrected chi connectivity index (χ2v) is 6.63. The number of piperazine rings is 1. The molecule has 1 amide bonds. The van der Waals surface area contributed by atoms with Gasteiger partial charge in [0.25, 0.3) is 5.91 Å². The summed E-state index contributed by atoms with van der Waals surface area (Å²) < 4.78 is 10.8. The van der Waals surface area contributed by atoms with E-state index in [1.807, 2.05) is 24.0 Å². The topological polar surface area (TPSA) is 62.2 Å². The normalized spacial score (nSPS) is 14.2. The summed E-state index contributed by atoms with van der Waals surface area (Å²) in [6, 6.07) is 10.4. The van der Waals surface area contributed by atoms with Crippen molar-refractivity contribution in [1.29, 1.82) is 0 Å². The number of anilines is 1. The van der Waals surface area contributed by atoms with Crippen LogP contribution in [0.1, 0.15) is 17.3 Å². The number of amides is 1. The predicted octanol–water partition coefficient (Wildman–Crippen LogP) is 3.42. The van der Waals surface area contributed by atoms with Crippen LogP contribution in [-0.4, -0.2) is 55.8 Å². The van der Waals surface area contributed by atoms with Gasteiger partial charge in [-0.25, -0.2) is 0 Å². The highest BCUT2D eigenvalue weighted by molar-refractivity contribution is 6.32. The molecule has 144 valence electrons. The van der Waals surface area contributed by atoms with Crippen molar-refractivity contribution in [2.24, 2.45) is 0 Å². The molecule has 0 radical (unpaired) electrons. The third-order valence-electron chi connectivity index (χ3n) is 4.55. The molecule has 2 aromatic rings. The molecule has 0 aliphatic carbocycles. The molecule has 0 bridgehead atoms. The molecule has 0 saturated carbocycles. The molecule has 1 heterocycles. The van der Waals surface area contributed by atoms with Crippen LogP contribution in [0.5, 0.6) is 17.2 Å². The molecule has 0 atom stereocenters. The van der Waals surface area contributed by atoms with Crippen molar-refractivity contribution in [3.8, 4) is 17.2 Å². The highest BCUT2D eigenvalue weighted by atomic mass is 35.5. The summed E-state index contributed by atoms with van der Waals surface area (Å²) in [4.78, 5) is 16.9.